The molecule has 0 radical (unpaired) electrons. The average Bonchev–Trinajstić information content (AvgIpc) is 2.60. The van der Waals surface area contributed by atoms with E-state index in [1.165, 1.54) is 0 Å². The first-order valence-electron chi connectivity index (χ1n) is 8.23. The van der Waals surface area contributed by atoms with Crippen LogP contribution in [0.3, 0.4) is 0 Å². The molecule has 0 bridgehead atoms. The van der Waals surface area contributed by atoms with E-state index in [1.807, 2.05) is 57.4 Å². The summed E-state index contributed by atoms with van der Waals surface area (Å²) >= 11 is 0. The lowest BCUT2D eigenvalue weighted by Crippen LogP contribution is -2.48. The highest BCUT2D eigenvalue weighted by Crippen LogP contribution is 2.30. The van der Waals surface area contributed by atoms with Crippen LogP contribution in [0.5, 0.6) is 0 Å². The predicted octanol–water partition coefficient (Wildman–Crippen LogP) is 2.38. The molecule has 4 nitrogen and oxygen atoms in total. The van der Waals surface area contributed by atoms with Crippen LogP contribution in [-0.2, 0) is 10.4 Å². The van der Waals surface area contributed by atoms with Crippen LogP contribution in [0, 0.1) is 0 Å². The minimum Gasteiger partial charge on any atom is -0.372 e. The standard InChI is InChI=1S/C20H26N2O2/c1-16(14-15-22(2)3)21-19(23)20(24,17-10-6-4-7-11-17)18-12-8-5-9-13-18/h4-13,16,24H,14-15H2,1-3H3,(H,21,23). The van der Waals surface area contributed by atoms with Crippen molar-refractivity contribution < 1.29 is 9.90 Å². The van der Waals surface area contributed by atoms with Crippen LogP contribution in [-0.4, -0.2) is 42.6 Å². The van der Waals surface area contributed by atoms with Gasteiger partial charge in [0, 0.05) is 6.04 Å². The van der Waals surface area contributed by atoms with Gasteiger partial charge in [0.1, 0.15) is 0 Å². The van der Waals surface area contributed by atoms with E-state index >= 15 is 0 Å². The molecule has 2 aromatic rings. The van der Waals surface area contributed by atoms with Crippen molar-refractivity contribution in [3.05, 3.63) is 71.8 Å². The third kappa shape index (κ3) is 4.22. The van der Waals surface area contributed by atoms with Gasteiger partial charge in [-0.1, -0.05) is 60.7 Å². The molecule has 24 heavy (non-hydrogen) atoms. The van der Waals surface area contributed by atoms with Crippen LogP contribution < -0.4 is 5.32 Å². The Morgan fingerprint density at radius 2 is 1.50 bits per heavy atom. The Morgan fingerprint density at radius 1 is 1.04 bits per heavy atom. The molecule has 1 unspecified atom stereocenters. The number of nitrogens with one attached hydrogen (secondary N) is 1. The van der Waals surface area contributed by atoms with Crippen LogP contribution in [0.1, 0.15) is 24.5 Å². The number of amides is 1. The Hall–Kier alpha value is -2.17. The summed E-state index contributed by atoms with van der Waals surface area (Å²) in [4.78, 5) is 15.0. The van der Waals surface area contributed by atoms with Crippen LogP contribution in [0.25, 0.3) is 0 Å². The molecule has 2 N–H and O–H groups in total. The van der Waals surface area contributed by atoms with E-state index in [9.17, 15) is 9.90 Å². The van der Waals surface area contributed by atoms with Gasteiger partial charge >= 0.3 is 0 Å². The molecule has 1 amide bonds. The van der Waals surface area contributed by atoms with Crippen LogP contribution in [0.2, 0.25) is 0 Å². The van der Waals surface area contributed by atoms with E-state index in [4.69, 9.17) is 0 Å². The van der Waals surface area contributed by atoms with Gasteiger partial charge in [0.05, 0.1) is 0 Å². The highest BCUT2D eigenvalue weighted by atomic mass is 16.3. The minimum absolute atomic E-state index is 0.0288. The lowest BCUT2D eigenvalue weighted by atomic mass is 9.85. The lowest BCUT2D eigenvalue weighted by molar-refractivity contribution is -0.137. The van der Waals surface area contributed by atoms with Crippen molar-refractivity contribution >= 4 is 5.91 Å². The highest BCUT2D eigenvalue weighted by molar-refractivity contribution is 5.90. The van der Waals surface area contributed by atoms with Crippen molar-refractivity contribution in [1.82, 2.24) is 10.2 Å². The smallest absolute Gasteiger partial charge is 0.261 e. The number of aliphatic hydroxyl groups is 1. The second kappa shape index (κ2) is 8.08. The van der Waals surface area contributed by atoms with E-state index in [-0.39, 0.29) is 6.04 Å². The van der Waals surface area contributed by atoms with Crippen LogP contribution >= 0.6 is 0 Å². The molecular formula is C20H26N2O2. The average molecular weight is 326 g/mol. The molecule has 2 rings (SSSR count). The minimum atomic E-state index is -1.70. The zero-order valence-electron chi connectivity index (χ0n) is 14.6. The van der Waals surface area contributed by atoms with Gasteiger partial charge in [-0.2, -0.15) is 0 Å². The molecule has 0 fully saturated rings. The highest BCUT2D eigenvalue weighted by Gasteiger charge is 2.40. The number of carbonyl (C=O) groups excluding carboxylic acids is 1. The molecule has 1 atom stereocenters. The second-order valence-corrected chi connectivity index (χ2v) is 6.41. The summed E-state index contributed by atoms with van der Waals surface area (Å²) in [5, 5.41) is 14.3. The summed E-state index contributed by atoms with van der Waals surface area (Å²) in [6.07, 6.45) is 0.818. The summed E-state index contributed by atoms with van der Waals surface area (Å²) in [6, 6.07) is 18.1. The molecule has 0 saturated carbocycles. The van der Waals surface area contributed by atoms with E-state index in [2.05, 4.69) is 10.2 Å². The SMILES string of the molecule is CC(CCN(C)C)NC(=O)C(O)(c1ccccc1)c1ccccc1. The molecule has 0 heterocycles. The van der Waals surface area contributed by atoms with Crippen LogP contribution in [0.15, 0.2) is 60.7 Å². The number of hydrogen-bond acceptors (Lipinski definition) is 3. The molecule has 0 spiro atoms. The predicted molar refractivity (Wildman–Crippen MR) is 96.7 cm³/mol. The Balaban J connectivity index is 2.28. The largest absolute Gasteiger partial charge is 0.372 e. The van der Waals surface area contributed by atoms with Crippen LogP contribution in [0.4, 0.5) is 0 Å². The lowest BCUT2D eigenvalue weighted by Gasteiger charge is -2.30. The molecular weight excluding hydrogens is 300 g/mol. The first-order chi connectivity index (χ1) is 11.4. The summed E-state index contributed by atoms with van der Waals surface area (Å²) < 4.78 is 0. The second-order valence-electron chi connectivity index (χ2n) is 6.41. The third-order valence-corrected chi connectivity index (χ3v) is 4.10. The van der Waals surface area contributed by atoms with Gasteiger partial charge in [-0.3, -0.25) is 4.79 Å². The van der Waals surface area contributed by atoms with Gasteiger partial charge < -0.3 is 15.3 Å². The maximum absolute atomic E-state index is 12.9. The first kappa shape index (κ1) is 18.2. The maximum atomic E-state index is 12.9. The fraction of sp³-hybridized carbons (Fsp3) is 0.350. The zero-order valence-corrected chi connectivity index (χ0v) is 14.6. The Morgan fingerprint density at radius 3 is 1.92 bits per heavy atom. The van der Waals surface area contributed by atoms with Gasteiger partial charge in [0.15, 0.2) is 5.60 Å². The van der Waals surface area contributed by atoms with Gasteiger partial charge in [-0.25, -0.2) is 0 Å². The monoisotopic (exact) mass is 326 g/mol. The van der Waals surface area contributed by atoms with Gasteiger partial charge in [-0.05, 0) is 45.1 Å². The normalized spacial score (nSPS) is 12.9. The van der Waals surface area contributed by atoms with E-state index in [0.29, 0.717) is 11.1 Å². The fourth-order valence-corrected chi connectivity index (χ4v) is 2.64. The molecule has 0 saturated heterocycles. The molecule has 2 aromatic carbocycles. The zero-order chi connectivity index (χ0) is 17.6. The Bertz CT molecular complexity index is 602. The summed E-state index contributed by atoms with van der Waals surface area (Å²) in [5.41, 5.74) is -0.573. The van der Waals surface area contributed by atoms with Crippen molar-refractivity contribution in [2.24, 2.45) is 0 Å². The van der Waals surface area contributed by atoms with Crippen molar-refractivity contribution in [3.8, 4) is 0 Å². The molecule has 0 aromatic heterocycles. The van der Waals surface area contributed by atoms with Crippen molar-refractivity contribution in [2.75, 3.05) is 20.6 Å². The van der Waals surface area contributed by atoms with Gasteiger partial charge in [-0.15, -0.1) is 0 Å². The van der Waals surface area contributed by atoms with E-state index < -0.39 is 11.5 Å². The summed E-state index contributed by atoms with van der Waals surface area (Å²) in [6.45, 7) is 2.83. The molecule has 128 valence electrons. The molecule has 4 heteroatoms. The van der Waals surface area contributed by atoms with E-state index in [1.54, 1.807) is 24.3 Å². The number of carbonyl (C=O) groups is 1. The van der Waals surface area contributed by atoms with E-state index in [0.717, 1.165) is 13.0 Å². The van der Waals surface area contributed by atoms with Crippen molar-refractivity contribution in [1.29, 1.82) is 0 Å². The maximum Gasteiger partial charge on any atom is 0.261 e. The molecule has 0 aliphatic rings. The number of benzene rings is 2. The molecule has 0 aliphatic heterocycles. The number of nitrogens with zero attached hydrogens (tertiary/aromatic N) is 1. The topological polar surface area (TPSA) is 52.6 Å². The fourth-order valence-electron chi connectivity index (χ4n) is 2.64. The van der Waals surface area contributed by atoms with Gasteiger partial charge in [0.2, 0.25) is 0 Å². The number of hydrogen-bond donors (Lipinski definition) is 2. The first-order valence-corrected chi connectivity index (χ1v) is 8.23. The summed E-state index contributed by atoms with van der Waals surface area (Å²) in [7, 11) is 4.00. The van der Waals surface area contributed by atoms with Crippen molar-refractivity contribution in [3.63, 3.8) is 0 Å². The van der Waals surface area contributed by atoms with Gasteiger partial charge in [0.25, 0.3) is 5.91 Å². The number of rotatable bonds is 7. The third-order valence-electron chi connectivity index (χ3n) is 4.10. The molecule has 0 aliphatic carbocycles. The Kier molecular flexibility index (Phi) is 6.12. The summed E-state index contributed by atoms with van der Waals surface area (Å²) in [5.74, 6) is -0.397. The quantitative estimate of drug-likeness (QED) is 0.821. The Labute approximate surface area is 144 Å². The van der Waals surface area contributed by atoms with Crippen molar-refractivity contribution in [2.45, 2.75) is 25.0 Å².